The van der Waals surface area contributed by atoms with Gasteiger partial charge in [0.15, 0.2) is 5.96 Å². The summed E-state index contributed by atoms with van der Waals surface area (Å²) in [5.41, 5.74) is 2.38. The zero-order chi connectivity index (χ0) is 23.0. The number of ether oxygens (including phenoxy) is 1. The second kappa shape index (κ2) is 11.3. The molecule has 2 aromatic rings. The molecule has 0 spiro atoms. The van der Waals surface area contributed by atoms with Crippen LogP contribution < -0.4 is 16.2 Å². The molecule has 2 unspecified atom stereocenters. The largest absolute Gasteiger partial charge is 0.377 e. The average Bonchev–Trinajstić information content (AvgIpc) is 2.78. The zero-order valence-corrected chi connectivity index (χ0v) is 19.9. The highest BCUT2D eigenvalue weighted by Gasteiger charge is 2.35. The number of hydrogen-bond donors (Lipinski definition) is 2. The van der Waals surface area contributed by atoms with Gasteiger partial charge in [-0.1, -0.05) is 51.1 Å². The summed E-state index contributed by atoms with van der Waals surface area (Å²) in [7, 11) is 0. The Morgan fingerprint density at radius 1 is 1.12 bits per heavy atom. The average molecular weight is 439 g/mol. The van der Waals surface area contributed by atoms with Crippen molar-refractivity contribution in [2.24, 2.45) is 16.3 Å². The molecule has 1 aromatic carbocycles. The maximum Gasteiger partial charge on any atom is 0.250 e. The van der Waals surface area contributed by atoms with E-state index in [2.05, 4.69) is 62.6 Å². The summed E-state index contributed by atoms with van der Waals surface area (Å²) in [6.07, 6.45) is 4.38. The number of rotatable bonds is 7. The molecule has 0 aliphatic carbocycles. The van der Waals surface area contributed by atoms with E-state index in [1.807, 2.05) is 12.3 Å². The molecule has 1 aromatic heterocycles. The van der Waals surface area contributed by atoms with Crippen LogP contribution in [0.4, 0.5) is 0 Å². The van der Waals surface area contributed by atoms with Gasteiger partial charge in [0, 0.05) is 37.9 Å². The lowest BCUT2D eigenvalue weighted by atomic mass is 9.78. The van der Waals surface area contributed by atoms with Crippen LogP contribution in [0.1, 0.15) is 51.7 Å². The fourth-order valence-corrected chi connectivity index (χ4v) is 4.29. The van der Waals surface area contributed by atoms with Gasteiger partial charge in [-0.3, -0.25) is 4.79 Å². The minimum absolute atomic E-state index is 0.0135. The summed E-state index contributed by atoms with van der Waals surface area (Å²) in [5.74, 6) is 1.32. The number of nitrogens with zero attached hydrogens (tertiary/aromatic N) is 2. The van der Waals surface area contributed by atoms with Crippen molar-refractivity contribution in [1.82, 2.24) is 15.2 Å². The molecule has 2 heterocycles. The monoisotopic (exact) mass is 438 g/mol. The number of aromatic nitrogens is 1. The van der Waals surface area contributed by atoms with Crippen LogP contribution in [0.5, 0.6) is 0 Å². The van der Waals surface area contributed by atoms with E-state index in [4.69, 9.17) is 9.73 Å². The molecule has 1 aliphatic heterocycles. The van der Waals surface area contributed by atoms with Crippen LogP contribution >= 0.6 is 0 Å². The highest BCUT2D eigenvalue weighted by molar-refractivity contribution is 5.79. The van der Waals surface area contributed by atoms with Crippen LogP contribution in [0.15, 0.2) is 58.4 Å². The predicted octanol–water partition coefficient (Wildman–Crippen LogP) is 3.79. The third-order valence-corrected chi connectivity index (χ3v) is 5.87. The Balaban J connectivity index is 1.58. The molecular formula is C26H38N4O2. The fourth-order valence-electron chi connectivity index (χ4n) is 4.29. The van der Waals surface area contributed by atoms with Crippen molar-refractivity contribution in [3.8, 4) is 0 Å². The summed E-state index contributed by atoms with van der Waals surface area (Å²) in [4.78, 5) is 16.7. The minimum atomic E-state index is 0.0135. The normalized spacial score (nSPS) is 19.6. The molecule has 1 aliphatic rings. The number of pyridine rings is 1. The van der Waals surface area contributed by atoms with Crippen molar-refractivity contribution in [3.05, 3.63) is 70.1 Å². The topological polar surface area (TPSA) is 67.7 Å². The molecular weight excluding hydrogens is 400 g/mol. The van der Waals surface area contributed by atoms with Crippen LogP contribution in [0.25, 0.3) is 0 Å². The molecule has 32 heavy (non-hydrogen) atoms. The second-order valence-corrected chi connectivity index (χ2v) is 9.62. The lowest BCUT2D eigenvalue weighted by molar-refractivity contribution is -0.0835. The first-order valence-corrected chi connectivity index (χ1v) is 11.7. The van der Waals surface area contributed by atoms with Gasteiger partial charge in [-0.25, -0.2) is 4.99 Å². The van der Waals surface area contributed by atoms with E-state index in [1.54, 1.807) is 16.7 Å². The van der Waals surface area contributed by atoms with Crippen LogP contribution in [0.2, 0.25) is 0 Å². The van der Waals surface area contributed by atoms with Crippen molar-refractivity contribution in [2.75, 3.05) is 19.7 Å². The van der Waals surface area contributed by atoms with E-state index in [0.29, 0.717) is 19.0 Å². The maximum absolute atomic E-state index is 11.9. The summed E-state index contributed by atoms with van der Waals surface area (Å²) < 4.78 is 7.82. The highest BCUT2D eigenvalue weighted by Crippen LogP contribution is 2.33. The molecule has 2 atom stereocenters. The number of hydrogen-bond acceptors (Lipinski definition) is 3. The Morgan fingerprint density at radius 2 is 1.88 bits per heavy atom. The Bertz CT molecular complexity index is 928. The lowest BCUT2D eigenvalue weighted by Crippen LogP contribution is -2.47. The Labute approximate surface area is 192 Å². The second-order valence-electron chi connectivity index (χ2n) is 9.62. The Morgan fingerprint density at radius 3 is 2.56 bits per heavy atom. The van der Waals surface area contributed by atoms with E-state index in [9.17, 15) is 4.79 Å². The molecule has 6 heteroatoms. The van der Waals surface area contributed by atoms with Crippen molar-refractivity contribution < 1.29 is 4.74 Å². The van der Waals surface area contributed by atoms with Crippen LogP contribution in [0.3, 0.4) is 0 Å². The van der Waals surface area contributed by atoms with Crippen LogP contribution in [0, 0.1) is 11.3 Å². The van der Waals surface area contributed by atoms with E-state index >= 15 is 0 Å². The van der Waals surface area contributed by atoms with Crippen LogP contribution in [-0.4, -0.2) is 36.3 Å². The molecule has 2 N–H and O–H groups in total. The molecule has 1 fully saturated rings. The van der Waals surface area contributed by atoms with E-state index in [0.717, 1.165) is 43.2 Å². The number of guanidine groups is 1. The summed E-state index contributed by atoms with van der Waals surface area (Å²) in [6.45, 7) is 12.6. The first-order valence-electron chi connectivity index (χ1n) is 11.7. The smallest absolute Gasteiger partial charge is 0.250 e. The standard InChI is InChI=1S/C26H38N4O2/c1-5-27-25(29-18-22-9-8-16-32-24(22)26(2,3)4)28-17-20-11-13-21(14-12-20)19-30-15-7-6-10-23(30)31/h6-7,10-15,22,24H,5,8-9,16-19H2,1-4H3,(H2,27,28,29). The molecule has 0 radical (unpaired) electrons. The summed E-state index contributed by atoms with van der Waals surface area (Å²) >= 11 is 0. The van der Waals surface area contributed by atoms with E-state index in [1.165, 1.54) is 6.42 Å². The summed E-state index contributed by atoms with van der Waals surface area (Å²) in [6, 6.07) is 13.5. The molecule has 0 bridgehead atoms. The predicted molar refractivity (Wildman–Crippen MR) is 131 cm³/mol. The molecule has 1 saturated heterocycles. The van der Waals surface area contributed by atoms with Gasteiger partial charge in [0.1, 0.15) is 0 Å². The number of benzene rings is 1. The van der Waals surface area contributed by atoms with E-state index in [-0.39, 0.29) is 17.1 Å². The summed E-state index contributed by atoms with van der Waals surface area (Å²) in [5, 5.41) is 6.89. The van der Waals surface area contributed by atoms with Gasteiger partial charge in [0.25, 0.3) is 5.56 Å². The number of nitrogens with one attached hydrogen (secondary N) is 2. The van der Waals surface area contributed by atoms with Gasteiger partial charge >= 0.3 is 0 Å². The number of aliphatic imine (C=N–C) groups is 1. The minimum Gasteiger partial charge on any atom is -0.377 e. The molecule has 6 nitrogen and oxygen atoms in total. The molecule has 174 valence electrons. The van der Waals surface area contributed by atoms with Gasteiger partial charge in [0.05, 0.1) is 19.2 Å². The van der Waals surface area contributed by atoms with Gasteiger partial charge in [-0.2, -0.15) is 0 Å². The van der Waals surface area contributed by atoms with E-state index < -0.39 is 0 Å². The molecule has 3 rings (SSSR count). The fraction of sp³-hybridized carbons (Fsp3) is 0.538. The van der Waals surface area contributed by atoms with Gasteiger partial charge in [-0.05, 0) is 42.4 Å². The third-order valence-electron chi connectivity index (χ3n) is 5.87. The Hall–Kier alpha value is -2.60. The lowest BCUT2D eigenvalue weighted by Gasteiger charge is -2.40. The third kappa shape index (κ3) is 6.95. The van der Waals surface area contributed by atoms with Crippen molar-refractivity contribution in [3.63, 3.8) is 0 Å². The quantitative estimate of drug-likeness (QED) is 0.510. The maximum atomic E-state index is 11.9. The van der Waals surface area contributed by atoms with Crippen molar-refractivity contribution in [1.29, 1.82) is 0 Å². The molecule has 0 saturated carbocycles. The SMILES string of the molecule is CCNC(=NCc1ccc(Cn2ccccc2=O)cc1)NCC1CCCOC1C(C)(C)C. The Kier molecular flexibility index (Phi) is 8.51. The van der Waals surface area contributed by atoms with Crippen molar-refractivity contribution in [2.45, 2.75) is 59.7 Å². The van der Waals surface area contributed by atoms with Gasteiger partial charge < -0.3 is 19.9 Å². The van der Waals surface area contributed by atoms with Crippen LogP contribution in [-0.2, 0) is 17.8 Å². The van der Waals surface area contributed by atoms with Gasteiger partial charge in [0.2, 0.25) is 0 Å². The van der Waals surface area contributed by atoms with Crippen molar-refractivity contribution >= 4 is 5.96 Å². The molecule has 0 amide bonds. The first-order chi connectivity index (χ1) is 15.4. The first kappa shape index (κ1) is 24.1. The zero-order valence-electron chi connectivity index (χ0n) is 19.9. The highest BCUT2D eigenvalue weighted by atomic mass is 16.5. The van der Waals surface area contributed by atoms with Gasteiger partial charge in [-0.15, -0.1) is 0 Å².